The molecule has 0 saturated carbocycles. The topological polar surface area (TPSA) is 90.0 Å². The van der Waals surface area contributed by atoms with Crippen molar-refractivity contribution in [2.45, 2.75) is 0 Å². The first-order chi connectivity index (χ1) is 13.6. The molecule has 1 amide bonds. The number of benzene rings is 2. The van der Waals surface area contributed by atoms with Gasteiger partial charge in [0.05, 0.1) is 18.8 Å². The van der Waals surface area contributed by atoms with E-state index in [-0.39, 0.29) is 33.9 Å². The number of ether oxygens (including phenoxy) is 2. The molecule has 1 aliphatic carbocycles. The third kappa shape index (κ3) is 3.10. The van der Waals surface area contributed by atoms with Gasteiger partial charge in [-0.1, -0.05) is 36.4 Å². The highest BCUT2D eigenvalue weighted by Crippen LogP contribution is 2.29. The average Bonchev–Trinajstić information content (AvgIpc) is 2.75. The fourth-order valence-electron chi connectivity index (χ4n) is 3.42. The molecule has 0 bridgehead atoms. The Hall–Kier alpha value is -3.32. The highest BCUT2D eigenvalue weighted by molar-refractivity contribution is 6.30. The lowest BCUT2D eigenvalue weighted by atomic mass is 9.82. The number of nitrogens with zero attached hydrogens (tertiary/aromatic N) is 1. The number of rotatable bonds is 3. The van der Waals surface area contributed by atoms with Crippen LogP contribution in [0.2, 0.25) is 0 Å². The molecule has 142 valence electrons. The van der Waals surface area contributed by atoms with Crippen LogP contribution in [0.4, 0.5) is 0 Å². The molecule has 0 atom stereocenters. The third-order valence-electron chi connectivity index (χ3n) is 4.86. The molecule has 1 saturated heterocycles. The summed E-state index contributed by atoms with van der Waals surface area (Å²) < 4.78 is 10.3. The Bertz CT molecular complexity index is 990. The lowest BCUT2D eigenvalue weighted by molar-refractivity contribution is -0.138. The summed E-state index contributed by atoms with van der Waals surface area (Å²) in [6.07, 6.45) is 0. The molecular formula is C21H17NO6. The molecule has 0 radical (unpaired) electrons. The number of hydrogen-bond acceptors (Lipinski definition) is 6. The van der Waals surface area contributed by atoms with Gasteiger partial charge in [-0.2, -0.15) is 0 Å². The second-order valence-corrected chi connectivity index (χ2v) is 6.50. The van der Waals surface area contributed by atoms with Crippen molar-refractivity contribution in [2.24, 2.45) is 0 Å². The molecule has 1 fully saturated rings. The Balaban J connectivity index is 1.58. The van der Waals surface area contributed by atoms with Crippen LogP contribution in [-0.4, -0.2) is 61.3 Å². The van der Waals surface area contributed by atoms with Crippen molar-refractivity contribution in [3.63, 3.8) is 0 Å². The van der Waals surface area contributed by atoms with Gasteiger partial charge < -0.3 is 14.4 Å². The van der Waals surface area contributed by atoms with Gasteiger partial charge in [-0.15, -0.1) is 0 Å². The van der Waals surface area contributed by atoms with E-state index in [2.05, 4.69) is 0 Å². The normalized spacial score (nSPS) is 15.6. The van der Waals surface area contributed by atoms with E-state index >= 15 is 0 Å². The van der Waals surface area contributed by atoms with E-state index in [1.54, 1.807) is 29.2 Å². The SMILES string of the molecule is O=C(OCC(=O)N1CCOCC1)c1cccc2c1C(=O)c1ccccc1C2=O. The molecule has 2 aromatic rings. The molecule has 2 aromatic carbocycles. The van der Waals surface area contributed by atoms with Crippen LogP contribution in [0.15, 0.2) is 42.5 Å². The second-order valence-electron chi connectivity index (χ2n) is 6.50. The van der Waals surface area contributed by atoms with E-state index in [9.17, 15) is 19.2 Å². The minimum atomic E-state index is -0.806. The first-order valence-corrected chi connectivity index (χ1v) is 8.92. The number of hydrogen-bond donors (Lipinski definition) is 0. The summed E-state index contributed by atoms with van der Waals surface area (Å²) in [6.45, 7) is 1.35. The highest BCUT2D eigenvalue weighted by Gasteiger charge is 2.33. The Morgan fingerprint density at radius 1 is 0.893 bits per heavy atom. The highest BCUT2D eigenvalue weighted by atomic mass is 16.5. The van der Waals surface area contributed by atoms with E-state index < -0.39 is 18.4 Å². The fourth-order valence-corrected chi connectivity index (χ4v) is 3.42. The molecule has 1 aliphatic heterocycles. The molecule has 2 aliphatic rings. The van der Waals surface area contributed by atoms with Crippen molar-refractivity contribution in [1.29, 1.82) is 0 Å². The zero-order valence-electron chi connectivity index (χ0n) is 15.0. The van der Waals surface area contributed by atoms with Crippen LogP contribution in [0.3, 0.4) is 0 Å². The Morgan fingerprint density at radius 2 is 1.54 bits per heavy atom. The molecule has 1 heterocycles. The molecule has 0 spiro atoms. The minimum absolute atomic E-state index is 0.0138. The summed E-state index contributed by atoms with van der Waals surface area (Å²) in [5.74, 6) is -1.85. The average molecular weight is 379 g/mol. The fraction of sp³-hybridized carbons (Fsp3) is 0.238. The van der Waals surface area contributed by atoms with Gasteiger partial charge in [-0.25, -0.2) is 4.79 Å². The molecular weight excluding hydrogens is 362 g/mol. The lowest BCUT2D eigenvalue weighted by Crippen LogP contribution is -2.42. The number of fused-ring (bicyclic) bond motifs is 2. The Morgan fingerprint density at radius 3 is 2.25 bits per heavy atom. The van der Waals surface area contributed by atoms with Crippen molar-refractivity contribution in [3.05, 3.63) is 70.3 Å². The van der Waals surface area contributed by atoms with Crippen molar-refractivity contribution < 1.29 is 28.7 Å². The Kier molecular flexibility index (Phi) is 4.75. The van der Waals surface area contributed by atoms with Crippen molar-refractivity contribution >= 4 is 23.4 Å². The molecule has 7 nitrogen and oxygen atoms in total. The van der Waals surface area contributed by atoms with E-state index in [4.69, 9.17) is 9.47 Å². The van der Waals surface area contributed by atoms with Gasteiger partial charge in [0.2, 0.25) is 0 Å². The minimum Gasteiger partial charge on any atom is -0.452 e. The second kappa shape index (κ2) is 7.36. The zero-order chi connectivity index (χ0) is 19.7. The standard InChI is InChI=1S/C21H17NO6/c23-17(22-8-10-27-11-9-22)12-28-21(26)16-7-3-6-15-18(16)20(25)14-5-2-1-4-13(14)19(15)24/h1-7H,8-12H2. The molecule has 0 N–H and O–H groups in total. The van der Waals surface area contributed by atoms with Gasteiger partial charge >= 0.3 is 5.97 Å². The largest absolute Gasteiger partial charge is 0.452 e. The van der Waals surface area contributed by atoms with Crippen LogP contribution in [0.1, 0.15) is 42.2 Å². The van der Waals surface area contributed by atoms with Crippen molar-refractivity contribution in [2.75, 3.05) is 32.9 Å². The summed E-state index contributed by atoms with van der Waals surface area (Å²) in [5, 5.41) is 0. The van der Waals surface area contributed by atoms with Crippen LogP contribution in [0.5, 0.6) is 0 Å². The first-order valence-electron chi connectivity index (χ1n) is 8.92. The van der Waals surface area contributed by atoms with E-state index in [0.29, 0.717) is 31.9 Å². The molecule has 0 unspecified atom stereocenters. The van der Waals surface area contributed by atoms with Gasteiger partial charge in [-0.3, -0.25) is 14.4 Å². The third-order valence-corrected chi connectivity index (χ3v) is 4.86. The number of carbonyl (C=O) groups is 4. The molecule has 7 heteroatoms. The molecule has 0 aromatic heterocycles. The number of morpholine rings is 1. The summed E-state index contributed by atoms with van der Waals surface area (Å²) >= 11 is 0. The van der Waals surface area contributed by atoms with Crippen LogP contribution >= 0.6 is 0 Å². The van der Waals surface area contributed by atoms with E-state index in [0.717, 1.165) is 0 Å². The van der Waals surface area contributed by atoms with Gasteiger partial charge in [0.25, 0.3) is 5.91 Å². The van der Waals surface area contributed by atoms with Crippen LogP contribution in [0, 0.1) is 0 Å². The maximum atomic E-state index is 12.9. The van der Waals surface area contributed by atoms with E-state index in [1.165, 1.54) is 18.2 Å². The molecule has 28 heavy (non-hydrogen) atoms. The maximum Gasteiger partial charge on any atom is 0.339 e. The quantitative estimate of drug-likeness (QED) is 0.641. The van der Waals surface area contributed by atoms with Gasteiger partial charge in [-0.05, 0) is 6.07 Å². The predicted octanol–water partition coefficient (Wildman–Crippen LogP) is 1.48. The monoisotopic (exact) mass is 379 g/mol. The van der Waals surface area contributed by atoms with Gasteiger partial charge in [0.15, 0.2) is 18.2 Å². The predicted molar refractivity (Wildman–Crippen MR) is 97.4 cm³/mol. The zero-order valence-corrected chi connectivity index (χ0v) is 15.0. The number of carbonyl (C=O) groups excluding carboxylic acids is 4. The molecule has 4 rings (SSSR count). The van der Waals surface area contributed by atoms with E-state index in [1.807, 2.05) is 0 Å². The summed E-state index contributed by atoms with van der Waals surface area (Å²) in [5.41, 5.74) is 0.741. The van der Waals surface area contributed by atoms with Crippen LogP contribution < -0.4 is 0 Å². The van der Waals surface area contributed by atoms with Crippen LogP contribution in [-0.2, 0) is 14.3 Å². The van der Waals surface area contributed by atoms with Gasteiger partial charge in [0.1, 0.15) is 0 Å². The lowest BCUT2D eigenvalue weighted by Gasteiger charge is -2.26. The summed E-state index contributed by atoms with van der Waals surface area (Å²) in [6, 6.07) is 11.0. The van der Waals surface area contributed by atoms with Crippen molar-refractivity contribution in [1.82, 2.24) is 4.90 Å². The summed E-state index contributed by atoms with van der Waals surface area (Å²) in [4.78, 5) is 52.0. The summed E-state index contributed by atoms with van der Waals surface area (Å²) in [7, 11) is 0. The number of ketones is 2. The first kappa shape index (κ1) is 18.1. The smallest absolute Gasteiger partial charge is 0.339 e. The number of esters is 1. The maximum absolute atomic E-state index is 12.9. The number of amides is 1. The van der Waals surface area contributed by atoms with Gasteiger partial charge in [0, 0.05) is 35.3 Å². The Labute approximate surface area is 160 Å². The van der Waals surface area contributed by atoms with Crippen LogP contribution in [0.25, 0.3) is 0 Å². The van der Waals surface area contributed by atoms with Crippen molar-refractivity contribution in [3.8, 4) is 0 Å².